The van der Waals surface area contributed by atoms with Crippen LogP contribution in [0.5, 0.6) is 0 Å². The van der Waals surface area contributed by atoms with Crippen molar-refractivity contribution < 1.29 is 4.79 Å². The molecule has 3 aromatic rings. The first kappa shape index (κ1) is 13.9. The number of hydrogen-bond donors (Lipinski definition) is 2. The molecule has 2 N–H and O–H groups in total. The molecule has 22 heavy (non-hydrogen) atoms. The van der Waals surface area contributed by atoms with Crippen molar-refractivity contribution >= 4 is 11.6 Å². The van der Waals surface area contributed by atoms with Gasteiger partial charge in [-0.1, -0.05) is 36.4 Å². The number of H-pyrrole nitrogens is 1. The predicted octanol–water partition coefficient (Wildman–Crippen LogP) is 2.73. The highest BCUT2D eigenvalue weighted by atomic mass is 16.2. The molecule has 0 aliphatic heterocycles. The second-order valence-electron chi connectivity index (χ2n) is 4.89. The van der Waals surface area contributed by atoms with Gasteiger partial charge in [0.2, 0.25) is 0 Å². The van der Waals surface area contributed by atoms with E-state index >= 15 is 0 Å². The Morgan fingerprint density at radius 2 is 1.59 bits per heavy atom. The standard InChI is InChI=1S/C17H15N3O2/c1-12-15(16(21)18-13-8-4-2-5-9-13)17(22)19-20(12)14-10-6-3-7-11-14/h2-11H,1H3,(H,18,21)(H,19,22). The minimum Gasteiger partial charge on any atom is -0.322 e. The van der Waals surface area contributed by atoms with E-state index in [1.807, 2.05) is 48.5 Å². The van der Waals surface area contributed by atoms with Crippen molar-refractivity contribution in [3.05, 3.63) is 82.3 Å². The van der Waals surface area contributed by atoms with Gasteiger partial charge in [-0.3, -0.25) is 19.4 Å². The number of carbonyl (C=O) groups is 1. The SMILES string of the molecule is Cc1c(C(=O)Nc2ccccc2)c(=O)[nH]n1-c1ccccc1. The summed E-state index contributed by atoms with van der Waals surface area (Å²) in [7, 11) is 0. The van der Waals surface area contributed by atoms with Crippen LogP contribution in [0.25, 0.3) is 5.69 Å². The summed E-state index contributed by atoms with van der Waals surface area (Å²) in [6.45, 7) is 1.74. The summed E-state index contributed by atoms with van der Waals surface area (Å²) in [5.74, 6) is -0.417. The van der Waals surface area contributed by atoms with Gasteiger partial charge in [-0.15, -0.1) is 0 Å². The van der Waals surface area contributed by atoms with Gasteiger partial charge < -0.3 is 5.32 Å². The number of benzene rings is 2. The zero-order valence-corrected chi connectivity index (χ0v) is 12.0. The molecule has 0 saturated carbocycles. The smallest absolute Gasteiger partial charge is 0.277 e. The van der Waals surface area contributed by atoms with Crippen molar-refractivity contribution in [1.29, 1.82) is 0 Å². The van der Waals surface area contributed by atoms with Gasteiger partial charge in [0.1, 0.15) is 5.56 Å². The molecule has 0 radical (unpaired) electrons. The number of nitrogens with zero attached hydrogens (tertiary/aromatic N) is 1. The number of aromatic amines is 1. The third-order valence-corrected chi connectivity index (χ3v) is 3.41. The molecule has 5 nitrogen and oxygen atoms in total. The summed E-state index contributed by atoms with van der Waals surface area (Å²) < 4.78 is 1.61. The van der Waals surface area contributed by atoms with Gasteiger partial charge in [0.25, 0.3) is 11.5 Å². The average Bonchev–Trinajstić information content (AvgIpc) is 2.84. The molecule has 0 fully saturated rings. The first-order valence-electron chi connectivity index (χ1n) is 6.90. The number of nitrogens with one attached hydrogen (secondary N) is 2. The first-order chi connectivity index (χ1) is 10.7. The molecule has 110 valence electrons. The Balaban J connectivity index is 1.97. The molecule has 5 heteroatoms. The van der Waals surface area contributed by atoms with Gasteiger partial charge in [-0.2, -0.15) is 0 Å². The van der Waals surface area contributed by atoms with Crippen LogP contribution in [0.1, 0.15) is 16.1 Å². The fourth-order valence-electron chi connectivity index (χ4n) is 2.34. The van der Waals surface area contributed by atoms with E-state index in [1.54, 1.807) is 23.7 Å². The largest absolute Gasteiger partial charge is 0.322 e. The van der Waals surface area contributed by atoms with Crippen LogP contribution in [-0.2, 0) is 0 Å². The Labute approximate surface area is 127 Å². The average molecular weight is 293 g/mol. The number of carbonyl (C=O) groups excluding carboxylic acids is 1. The van der Waals surface area contributed by atoms with Crippen LogP contribution >= 0.6 is 0 Å². The molecule has 1 amide bonds. The van der Waals surface area contributed by atoms with Crippen LogP contribution in [-0.4, -0.2) is 15.7 Å². The molecule has 0 saturated heterocycles. The van der Waals surface area contributed by atoms with Crippen LogP contribution in [0.3, 0.4) is 0 Å². The fourth-order valence-corrected chi connectivity index (χ4v) is 2.34. The van der Waals surface area contributed by atoms with Crippen LogP contribution in [0, 0.1) is 6.92 Å². The third kappa shape index (κ3) is 2.56. The normalized spacial score (nSPS) is 10.4. The third-order valence-electron chi connectivity index (χ3n) is 3.41. The topological polar surface area (TPSA) is 66.9 Å². The van der Waals surface area contributed by atoms with Crippen molar-refractivity contribution in [3.63, 3.8) is 0 Å². The van der Waals surface area contributed by atoms with Gasteiger partial charge in [0, 0.05) is 5.69 Å². The molecule has 0 bridgehead atoms. The summed E-state index contributed by atoms with van der Waals surface area (Å²) in [6, 6.07) is 18.4. The molecule has 0 unspecified atom stereocenters. The van der Waals surface area contributed by atoms with Gasteiger partial charge in [0.05, 0.1) is 11.4 Å². The van der Waals surface area contributed by atoms with Crippen molar-refractivity contribution in [3.8, 4) is 5.69 Å². The summed E-state index contributed by atoms with van der Waals surface area (Å²) in [5.41, 5.74) is 1.74. The second-order valence-corrected chi connectivity index (χ2v) is 4.89. The minimum absolute atomic E-state index is 0.118. The summed E-state index contributed by atoms with van der Waals surface area (Å²) in [5, 5.41) is 5.43. The molecule has 1 aromatic heterocycles. The maximum Gasteiger partial charge on any atom is 0.277 e. The second kappa shape index (κ2) is 5.73. The highest BCUT2D eigenvalue weighted by molar-refractivity contribution is 6.04. The molecular weight excluding hydrogens is 278 g/mol. The molecule has 0 aliphatic carbocycles. The lowest BCUT2D eigenvalue weighted by Gasteiger charge is -2.06. The van der Waals surface area contributed by atoms with E-state index in [9.17, 15) is 9.59 Å². The fraction of sp³-hybridized carbons (Fsp3) is 0.0588. The lowest BCUT2D eigenvalue weighted by molar-refractivity contribution is 0.102. The highest BCUT2D eigenvalue weighted by Crippen LogP contribution is 2.13. The van der Waals surface area contributed by atoms with E-state index in [4.69, 9.17) is 0 Å². The summed E-state index contributed by atoms with van der Waals surface area (Å²) in [4.78, 5) is 24.5. The molecule has 0 aliphatic rings. The maximum atomic E-state index is 12.4. The van der Waals surface area contributed by atoms with E-state index in [2.05, 4.69) is 10.4 Å². The quantitative estimate of drug-likeness (QED) is 0.779. The first-order valence-corrected chi connectivity index (χ1v) is 6.90. The van der Waals surface area contributed by atoms with E-state index in [-0.39, 0.29) is 5.56 Å². The van der Waals surface area contributed by atoms with E-state index < -0.39 is 11.5 Å². The molecule has 2 aromatic carbocycles. The molecule has 1 heterocycles. The van der Waals surface area contributed by atoms with Crippen molar-refractivity contribution in [1.82, 2.24) is 9.78 Å². The van der Waals surface area contributed by atoms with E-state index in [1.165, 1.54) is 0 Å². The van der Waals surface area contributed by atoms with Crippen LogP contribution < -0.4 is 10.9 Å². The molecule has 0 spiro atoms. The lowest BCUT2D eigenvalue weighted by Crippen LogP contribution is -2.20. The van der Waals surface area contributed by atoms with E-state index in [0.29, 0.717) is 11.4 Å². The van der Waals surface area contributed by atoms with Gasteiger partial charge >= 0.3 is 0 Å². The Morgan fingerprint density at radius 3 is 2.23 bits per heavy atom. The Morgan fingerprint density at radius 1 is 1.00 bits per heavy atom. The highest BCUT2D eigenvalue weighted by Gasteiger charge is 2.19. The number of rotatable bonds is 3. The minimum atomic E-state index is -0.417. The number of anilines is 1. The van der Waals surface area contributed by atoms with Crippen molar-refractivity contribution in [2.75, 3.05) is 5.32 Å². The summed E-state index contributed by atoms with van der Waals surface area (Å²) in [6.07, 6.45) is 0. The zero-order chi connectivity index (χ0) is 15.5. The number of hydrogen-bond acceptors (Lipinski definition) is 2. The van der Waals surface area contributed by atoms with Crippen LogP contribution in [0.2, 0.25) is 0 Å². The van der Waals surface area contributed by atoms with Crippen LogP contribution in [0.4, 0.5) is 5.69 Å². The Bertz CT molecular complexity index is 849. The Hall–Kier alpha value is -3.08. The maximum absolute atomic E-state index is 12.4. The van der Waals surface area contributed by atoms with Gasteiger partial charge in [-0.05, 0) is 31.2 Å². The zero-order valence-electron chi connectivity index (χ0n) is 12.0. The summed E-state index contributed by atoms with van der Waals surface area (Å²) >= 11 is 0. The molecular formula is C17H15N3O2. The lowest BCUT2D eigenvalue weighted by atomic mass is 10.2. The monoisotopic (exact) mass is 293 g/mol. The Kier molecular flexibility index (Phi) is 3.62. The van der Waals surface area contributed by atoms with Gasteiger partial charge in [-0.25, -0.2) is 0 Å². The molecule has 0 atom stereocenters. The van der Waals surface area contributed by atoms with Crippen molar-refractivity contribution in [2.45, 2.75) is 6.92 Å². The van der Waals surface area contributed by atoms with Gasteiger partial charge in [0.15, 0.2) is 0 Å². The van der Waals surface area contributed by atoms with Crippen molar-refractivity contribution in [2.24, 2.45) is 0 Å². The number of aromatic nitrogens is 2. The van der Waals surface area contributed by atoms with Crippen LogP contribution in [0.15, 0.2) is 65.5 Å². The number of amides is 1. The molecule has 3 rings (SSSR count). The number of para-hydroxylation sites is 2. The predicted molar refractivity (Wildman–Crippen MR) is 85.5 cm³/mol. The van der Waals surface area contributed by atoms with E-state index in [0.717, 1.165) is 5.69 Å².